The average molecular weight is 306 g/mol. The van der Waals surface area contributed by atoms with Crippen LogP contribution in [0.1, 0.15) is 52.5 Å². The normalized spacial score (nSPS) is 25.6. The Hall–Kier alpha value is -1.56. The fourth-order valence-corrected chi connectivity index (χ4v) is 3.78. The second-order valence-electron chi connectivity index (χ2n) is 6.67. The van der Waals surface area contributed by atoms with E-state index in [0.29, 0.717) is 6.10 Å². The zero-order valence-electron chi connectivity index (χ0n) is 13.6. The predicted octanol–water partition coefficient (Wildman–Crippen LogP) is 2.93. The number of nitrogens with one attached hydrogen (secondary N) is 2. The number of nitrogens with zero attached hydrogens (tertiary/aromatic N) is 2. The highest BCUT2D eigenvalue weighted by atomic mass is 16.5. The van der Waals surface area contributed by atoms with Gasteiger partial charge in [0.1, 0.15) is 5.82 Å². The van der Waals surface area contributed by atoms with Crippen molar-refractivity contribution < 1.29 is 9.53 Å². The lowest BCUT2D eigenvalue weighted by atomic mass is 9.51. The van der Waals surface area contributed by atoms with Gasteiger partial charge in [0.05, 0.1) is 12.3 Å². The number of hydrogen-bond acceptors (Lipinski definition) is 3. The highest BCUT2D eigenvalue weighted by Crippen LogP contribution is 2.57. The number of carbonyl (C=O) groups excluding carboxylic acids is 1. The van der Waals surface area contributed by atoms with Crippen LogP contribution in [-0.4, -0.2) is 34.6 Å². The number of ether oxygens (including phenoxy) is 1. The molecule has 1 spiro atoms. The van der Waals surface area contributed by atoms with Crippen molar-refractivity contribution in [3.63, 3.8) is 0 Å². The Morgan fingerprint density at radius 2 is 2.32 bits per heavy atom. The summed E-state index contributed by atoms with van der Waals surface area (Å²) < 4.78 is 7.63. The minimum absolute atomic E-state index is 0.145. The summed E-state index contributed by atoms with van der Waals surface area (Å²) in [5, 5.41) is 10.3. The van der Waals surface area contributed by atoms with Gasteiger partial charge in [-0.1, -0.05) is 6.42 Å². The Kier molecular flexibility index (Phi) is 4.12. The molecule has 3 rings (SSSR count). The van der Waals surface area contributed by atoms with E-state index in [0.717, 1.165) is 31.7 Å². The van der Waals surface area contributed by atoms with E-state index >= 15 is 0 Å². The van der Waals surface area contributed by atoms with Crippen molar-refractivity contribution in [3.8, 4) is 0 Å². The molecule has 6 heteroatoms. The molecule has 1 aromatic heterocycles. The molecule has 2 saturated carbocycles. The van der Waals surface area contributed by atoms with Crippen LogP contribution in [0.2, 0.25) is 0 Å². The van der Waals surface area contributed by atoms with Crippen LogP contribution in [0.25, 0.3) is 0 Å². The van der Waals surface area contributed by atoms with E-state index in [1.54, 1.807) is 6.20 Å². The standard InChI is InChI=1S/C16H26N4O2/c1-4-22-13-10-12(16(13)7-5-8-16)18-15(21)19-14-6-9-17-20(14)11(2)3/h6,9,11-13H,4-5,7-8,10H2,1-3H3,(H2,18,19,21)/t12-,13+/m1/s1. The maximum Gasteiger partial charge on any atom is 0.320 e. The molecular formula is C16H26N4O2. The van der Waals surface area contributed by atoms with Gasteiger partial charge >= 0.3 is 6.03 Å². The van der Waals surface area contributed by atoms with E-state index in [2.05, 4.69) is 15.7 Å². The average Bonchev–Trinajstić information content (AvgIpc) is 2.83. The van der Waals surface area contributed by atoms with E-state index in [1.807, 2.05) is 31.5 Å². The lowest BCUT2D eigenvalue weighted by molar-refractivity contribution is -0.169. The van der Waals surface area contributed by atoms with Gasteiger partial charge < -0.3 is 10.1 Å². The zero-order valence-corrected chi connectivity index (χ0v) is 13.6. The summed E-state index contributed by atoms with van der Waals surface area (Å²) in [4.78, 5) is 12.3. The molecule has 0 aromatic carbocycles. The minimum atomic E-state index is -0.145. The largest absolute Gasteiger partial charge is 0.378 e. The molecule has 2 atom stereocenters. The van der Waals surface area contributed by atoms with Crippen molar-refractivity contribution in [2.75, 3.05) is 11.9 Å². The summed E-state index contributed by atoms with van der Waals surface area (Å²) in [5.74, 6) is 0.732. The molecule has 2 fully saturated rings. The van der Waals surface area contributed by atoms with Gasteiger partial charge in [0.2, 0.25) is 0 Å². The first-order chi connectivity index (χ1) is 10.6. The molecule has 2 aliphatic carbocycles. The van der Waals surface area contributed by atoms with Crippen LogP contribution in [0.15, 0.2) is 12.3 Å². The lowest BCUT2D eigenvalue weighted by Crippen LogP contribution is -2.68. The maximum atomic E-state index is 12.3. The molecule has 6 nitrogen and oxygen atoms in total. The molecule has 2 N–H and O–H groups in total. The first kappa shape index (κ1) is 15.3. The molecule has 22 heavy (non-hydrogen) atoms. The molecule has 0 saturated heterocycles. The van der Waals surface area contributed by atoms with E-state index in [1.165, 1.54) is 6.42 Å². The molecular weight excluding hydrogens is 280 g/mol. The molecule has 122 valence electrons. The van der Waals surface area contributed by atoms with Gasteiger partial charge in [0.15, 0.2) is 0 Å². The Morgan fingerprint density at radius 1 is 1.55 bits per heavy atom. The SMILES string of the molecule is CCO[C@H]1C[C@@H](NC(=O)Nc2ccnn2C(C)C)C12CCC2. The number of carbonyl (C=O) groups is 1. The number of rotatable bonds is 5. The third-order valence-corrected chi connectivity index (χ3v) is 5.14. The van der Waals surface area contributed by atoms with Crippen molar-refractivity contribution in [2.45, 2.75) is 64.6 Å². The van der Waals surface area contributed by atoms with Crippen LogP contribution in [0.5, 0.6) is 0 Å². The van der Waals surface area contributed by atoms with E-state index in [-0.39, 0.29) is 23.5 Å². The third-order valence-electron chi connectivity index (χ3n) is 5.14. The Labute approximate surface area is 131 Å². The van der Waals surface area contributed by atoms with Crippen molar-refractivity contribution in [3.05, 3.63) is 12.3 Å². The molecule has 0 aliphatic heterocycles. The molecule has 1 heterocycles. The van der Waals surface area contributed by atoms with Crippen molar-refractivity contribution in [2.24, 2.45) is 5.41 Å². The van der Waals surface area contributed by atoms with Crippen LogP contribution < -0.4 is 10.6 Å². The van der Waals surface area contributed by atoms with Gasteiger partial charge in [-0.25, -0.2) is 9.48 Å². The van der Waals surface area contributed by atoms with Crippen LogP contribution in [0.3, 0.4) is 0 Å². The van der Waals surface area contributed by atoms with Crippen LogP contribution in [0.4, 0.5) is 10.6 Å². The summed E-state index contributed by atoms with van der Waals surface area (Å²) >= 11 is 0. The third kappa shape index (κ3) is 2.49. The molecule has 0 bridgehead atoms. The lowest BCUT2D eigenvalue weighted by Gasteiger charge is -2.60. The summed E-state index contributed by atoms with van der Waals surface area (Å²) in [7, 11) is 0. The van der Waals surface area contributed by atoms with Gasteiger partial charge in [0.25, 0.3) is 0 Å². The Balaban J connectivity index is 1.57. The van der Waals surface area contributed by atoms with E-state index < -0.39 is 0 Å². The Bertz CT molecular complexity index is 536. The number of urea groups is 1. The minimum Gasteiger partial charge on any atom is -0.378 e. The van der Waals surface area contributed by atoms with Gasteiger partial charge in [-0.2, -0.15) is 5.10 Å². The topological polar surface area (TPSA) is 68.2 Å². The van der Waals surface area contributed by atoms with Gasteiger partial charge in [-0.05, 0) is 40.0 Å². The smallest absolute Gasteiger partial charge is 0.320 e. The summed E-state index contributed by atoms with van der Waals surface area (Å²) in [6, 6.07) is 2.12. The number of hydrogen-bond donors (Lipinski definition) is 2. The van der Waals surface area contributed by atoms with Crippen LogP contribution in [0, 0.1) is 5.41 Å². The van der Waals surface area contributed by atoms with Gasteiger partial charge in [-0.3, -0.25) is 5.32 Å². The predicted molar refractivity (Wildman–Crippen MR) is 84.9 cm³/mol. The van der Waals surface area contributed by atoms with Crippen molar-refractivity contribution >= 4 is 11.8 Å². The number of amides is 2. The highest BCUT2D eigenvalue weighted by molar-refractivity contribution is 5.88. The second kappa shape index (κ2) is 5.91. The monoisotopic (exact) mass is 306 g/mol. The highest BCUT2D eigenvalue weighted by Gasteiger charge is 2.59. The van der Waals surface area contributed by atoms with Crippen LogP contribution >= 0.6 is 0 Å². The number of anilines is 1. The molecule has 2 aliphatic rings. The molecule has 0 radical (unpaired) electrons. The first-order valence-corrected chi connectivity index (χ1v) is 8.29. The fraction of sp³-hybridized carbons (Fsp3) is 0.750. The zero-order chi connectivity index (χ0) is 15.7. The second-order valence-corrected chi connectivity index (χ2v) is 6.67. The van der Waals surface area contributed by atoms with Crippen molar-refractivity contribution in [1.82, 2.24) is 15.1 Å². The van der Waals surface area contributed by atoms with E-state index in [4.69, 9.17) is 4.74 Å². The first-order valence-electron chi connectivity index (χ1n) is 8.29. The van der Waals surface area contributed by atoms with Gasteiger partial charge in [0, 0.05) is 30.2 Å². The molecule has 0 unspecified atom stereocenters. The van der Waals surface area contributed by atoms with Crippen molar-refractivity contribution in [1.29, 1.82) is 0 Å². The fourth-order valence-electron chi connectivity index (χ4n) is 3.78. The quantitative estimate of drug-likeness (QED) is 0.879. The van der Waals surface area contributed by atoms with Gasteiger partial charge in [-0.15, -0.1) is 0 Å². The molecule has 2 amide bonds. The van der Waals surface area contributed by atoms with Crippen LogP contribution in [-0.2, 0) is 4.74 Å². The summed E-state index contributed by atoms with van der Waals surface area (Å²) in [6.45, 7) is 6.86. The Morgan fingerprint density at radius 3 is 2.91 bits per heavy atom. The van der Waals surface area contributed by atoms with E-state index in [9.17, 15) is 4.79 Å². The summed E-state index contributed by atoms with van der Waals surface area (Å²) in [6.07, 6.45) is 6.50. The summed E-state index contributed by atoms with van der Waals surface area (Å²) in [5.41, 5.74) is 0.186. The number of aromatic nitrogens is 2. The molecule has 1 aromatic rings. The maximum absolute atomic E-state index is 12.3.